The van der Waals surface area contributed by atoms with Crippen LogP contribution in [0.3, 0.4) is 0 Å². The van der Waals surface area contributed by atoms with Gasteiger partial charge in [-0.25, -0.2) is 4.39 Å². The number of carbonyl (C=O) groups excluding carboxylic acids is 2. The first kappa shape index (κ1) is 17.7. The summed E-state index contributed by atoms with van der Waals surface area (Å²) in [5.41, 5.74) is 1.37. The van der Waals surface area contributed by atoms with E-state index in [1.165, 1.54) is 31.4 Å². The van der Waals surface area contributed by atoms with Gasteiger partial charge in [0.1, 0.15) is 0 Å². The molecule has 0 saturated heterocycles. The molecule has 0 spiro atoms. The monoisotopic (exact) mass is 354 g/mol. The van der Waals surface area contributed by atoms with Crippen molar-refractivity contribution in [1.29, 1.82) is 0 Å². The summed E-state index contributed by atoms with van der Waals surface area (Å²) in [4.78, 5) is 24.4. The van der Waals surface area contributed by atoms with E-state index >= 15 is 0 Å². The molecule has 0 aromatic heterocycles. The normalized spacial score (nSPS) is 13.5. The molecule has 2 aromatic rings. The van der Waals surface area contributed by atoms with E-state index < -0.39 is 11.7 Å². The van der Waals surface area contributed by atoms with Crippen LogP contribution in [0.1, 0.15) is 28.8 Å². The van der Waals surface area contributed by atoms with Gasteiger partial charge in [0.15, 0.2) is 11.6 Å². The maximum atomic E-state index is 13.7. The first-order valence-corrected chi connectivity index (χ1v) is 8.29. The molecule has 2 N–H and O–H groups in total. The highest BCUT2D eigenvalue weighted by Gasteiger charge is 2.24. The van der Waals surface area contributed by atoms with Crippen LogP contribution in [0.2, 0.25) is 0 Å². The van der Waals surface area contributed by atoms with Crippen molar-refractivity contribution in [2.45, 2.75) is 18.9 Å². The van der Waals surface area contributed by atoms with Gasteiger partial charge in [-0.15, -0.1) is 0 Å². The number of methoxy groups -OCH3 is 1. The Morgan fingerprint density at radius 2 is 1.96 bits per heavy atom. The zero-order valence-electron chi connectivity index (χ0n) is 14.3. The average molecular weight is 354 g/mol. The summed E-state index contributed by atoms with van der Waals surface area (Å²) >= 11 is 0. The highest BCUT2D eigenvalue weighted by Crippen LogP contribution is 2.22. The minimum Gasteiger partial charge on any atom is -0.494 e. The molecule has 26 heavy (non-hydrogen) atoms. The molecule has 2 amide bonds. The van der Waals surface area contributed by atoms with Gasteiger partial charge in [0, 0.05) is 12.1 Å². The molecule has 2 aromatic carbocycles. The Morgan fingerprint density at radius 3 is 2.65 bits per heavy atom. The quantitative estimate of drug-likeness (QED) is 0.782. The zero-order chi connectivity index (χ0) is 18.5. The topological polar surface area (TPSA) is 67.4 Å². The summed E-state index contributed by atoms with van der Waals surface area (Å²) in [7, 11) is 1.39. The van der Waals surface area contributed by atoms with Gasteiger partial charge in [0.05, 0.1) is 18.4 Å². The van der Waals surface area contributed by atoms with Crippen molar-refractivity contribution < 1.29 is 18.7 Å². The summed E-state index contributed by atoms with van der Waals surface area (Å²) in [5.74, 6) is -0.975. The fourth-order valence-electron chi connectivity index (χ4n) is 2.41. The van der Waals surface area contributed by atoms with Gasteiger partial charge in [-0.1, -0.05) is 18.2 Å². The lowest BCUT2D eigenvalue weighted by atomic mass is 10.1. The Bertz CT molecular complexity index is 860. The second-order valence-electron chi connectivity index (χ2n) is 6.01. The van der Waals surface area contributed by atoms with E-state index in [9.17, 15) is 14.0 Å². The largest absolute Gasteiger partial charge is 0.494 e. The lowest BCUT2D eigenvalue weighted by Gasteiger charge is -2.10. The summed E-state index contributed by atoms with van der Waals surface area (Å²) in [5, 5.41) is 5.58. The predicted octanol–water partition coefficient (Wildman–Crippen LogP) is 3.38. The molecule has 0 unspecified atom stereocenters. The molecule has 0 bridgehead atoms. The lowest BCUT2D eigenvalue weighted by Crippen LogP contribution is -2.26. The van der Waals surface area contributed by atoms with Crippen LogP contribution in [-0.2, 0) is 4.79 Å². The molecular formula is C20H19FN2O3. The second-order valence-corrected chi connectivity index (χ2v) is 6.01. The number of rotatable bonds is 6. The highest BCUT2D eigenvalue weighted by molar-refractivity contribution is 6.07. The van der Waals surface area contributed by atoms with Crippen LogP contribution in [0.4, 0.5) is 10.1 Å². The van der Waals surface area contributed by atoms with E-state index in [-0.39, 0.29) is 17.7 Å². The third-order valence-electron chi connectivity index (χ3n) is 3.95. The molecule has 3 rings (SSSR count). The van der Waals surface area contributed by atoms with Crippen molar-refractivity contribution >= 4 is 23.6 Å². The highest BCUT2D eigenvalue weighted by atomic mass is 19.1. The lowest BCUT2D eigenvalue weighted by molar-refractivity contribution is -0.111. The number of ether oxygens (including phenoxy) is 1. The number of hydrogen-bond donors (Lipinski definition) is 2. The minimum absolute atomic E-state index is 0.141. The maximum absolute atomic E-state index is 13.7. The molecule has 1 fully saturated rings. The Hall–Kier alpha value is -3.15. The number of halogens is 1. The molecule has 6 heteroatoms. The third kappa shape index (κ3) is 4.47. The van der Waals surface area contributed by atoms with Crippen LogP contribution < -0.4 is 15.4 Å². The molecule has 1 saturated carbocycles. The van der Waals surface area contributed by atoms with Crippen LogP contribution in [0.25, 0.3) is 6.08 Å². The summed E-state index contributed by atoms with van der Waals surface area (Å²) in [6.45, 7) is 0. The molecule has 5 nitrogen and oxygen atoms in total. The molecular weight excluding hydrogens is 335 g/mol. The summed E-state index contributed by atoms with van der Waals surface area (Å²) in [6, 6.07) is 11.5. The molecule has 0 radical (unpaired) electrons. The van der Waals surface area contributed by atoms with Crippen LogP contribution >= 0.6 is 0 Å². The smallest absolute Gasteiger partial charge is 0.253 e. The first-order valence-electron chi connectivity index (χ1n) is 8.29. The summed E-state index contributed by atoms with van der Waals surface area (Å²) < 4.78 is 18.5. The van der Waals surface area contributed by atoms with Crippen molar-refractivity contribution in [2.24, 2.45) is 0 Å². The van der Waals surface area contributed by atoms with E-state index in [0.717, 1.165) is 12.8 Å². The summed E-state index contributed by atoms with van der Waals surface area (Å²) in [6.07, 6.45) is 4.75. The number of amides is 2. The molecule has 0 heterocycles. The number of hydrogen-bond acceptors (Lipinski definition) is 3. The minimum atomic E-state index is -0.503. The van der Waals surface area contributed by atoms with E-state index in [1.807, 2.05) is 0 Å². The Labute approximate surface area is 150 Å². The van der Waals surface area contributed by atoms with Crippen molar-refractivity contribution in [1.82, 2.24) is 5.32 Å². The van der Waals surface area contributed by atoms with Crippen LogP contribution in [0.15, 0.2) is 48.5 Å². The predicted molar refractivity (Wildman–Crippen MR) is 97.5 cm³/mol. The standard InChI is InChI=1S/C20H19FN2O3/c1-26-18-10-6-13(12-16(18)21)7-11-19(24)23-17-5-3-2-4-15(17)20(25)22-14-8-9-14/h2-7,10-12,14H,8-9H2,1H3,(H,22,25)(H,23,24). The molecule has 0 aliphatic heterocycles. The Morgan fingerprint density at radius 1 is 1.19 bits per heavy atom. The SMILES string of the molecule is COc1ccc(C=CC(=O)Nc2ccccc2C(=O)NC2CC2)cc1F. The average Bonchev–Trinajstić information content (AvgIpc) is 3.44. The van der Waals surface area contributed by atoms with Crippen LogP contribution in [-0.4, -0.2) is 25.0 Å². The van der Waals surface area contributed by atoms with E-state index in [0.29, 0.717) is 16.8 Å². The number of nitrogens with one attached hydrogen (secondary N) is 2. The Balaban J connectivity index is 1.68. The van der Waals surface area contributed by atoms with Crippen molar-refractivity contribution in [3.8, 4) is 5.75 Å². The van der Waals surface area contributed by atoms with E-state index in [1.54, 1.807) is 30.3 Å². The van der Waals surface area contributed by atoms with Gasteiger partial charge in [0.2, 0.25) is 5.91 Å². The van der Waals surface area contributed by atoms with Crippen LogP contribution in [0.5, 0.6) is 5.75 Å². The fourth-order valence-corrected chi connectivity index (χ4v) is 2.41. The van der Waals surface area contributed by atoms with Crippen molar-refractivity contribution in [3.63, 3.8) is 0 Å². The number of anilines is 1. The second kappa shape index (κ2) is 7.82. The molecule has 1 aliphatic rings. The zero-order valence-corrected chi connectivity index (χ0v) is 14.3. The number of para-hydroxylation sites is 1. The molecule has 0 atom stereocenters. The Kier molecular flexibility index (Phi) is 5.31. The van der Waals surface area contributed by atoms with Crippen LogP contribution in [0, 0.1) is 5.82 Å². The van der Waals surface area contributed by atoms with Gasteiger partial charge in [0.25, 0.3) is 5.91 Å². The molecule has 134 valence electrons. The van der Waals surface area contributed by atoms with E-state index in [2.05, 4.69) is 10.6 Å². The van der Waals surface area contributed by atoms with Gasteiger partial charge in [-0.05, 0) is 48.7 Å². The number of carbonyl (C=O) groups is 2. The molecule has 1 aliphatic carbocycles. The van der Waals surface area contributed by atoms with Gasteiger partial charge >= 0.3 is 0 Å². The van der Waals surface area contributed by atoms with Gasteiger partial charge in [-0.3, -0.25) is 9.59 Å². The third-order valence-corrected chi connectivity index (χ3v) is 3.95. The van der Waals surface area contributed by atoms with Crippen molar-refractivity contribution in [3.05, 3.63) is 65.5 Å². The van der Waals surface area contributed by atoms with Crippen molar-refractivity contribution in [2.75, 3.05) is 12.4 Å². The maximum Gasteiger partial charge on any atom is 0.253 e. The van der Waals surface area contributed by atoms with E-state index in [4.69, 9.17) is 4.74 Å². The first-order chi connectivity index (χ1) is 12.6. The van der Waals surface area contributed by atoms with Gasteiger partial charge < -0.3 is 15.4 Å². The van der Waals surface area contributed by atoms with Gasteiger partial charge in [-0.2, -0.15) is 0 Å². The number of benzene rings is 2. The fraction of sp³-hybridized carbons (Fsp3) is 0.200.